The maximum absolute atomic E-state index is 14.8. The number of anilines is 2. The Balaban J connectivity index is 1.81. The monoisotopic (exact) mass is 433 g/mol. The van der Waals surface area contributed by atoms with Crippen LogP contribution in [0.1, 0.15) is 5.56 Å². The smallest absolute Gasteiger partial charge is 0.276 e. The average Bonchev–Trinajstić information content (AvgIpc) is 3.16. The van der Waals surface area contributed by atoms with Crippen molar-refractivity contribution in [1.82, 2.24) is 0 Å². The second-order valence-electron chi connectivity index (χ2n) is 7.36. The summed E-state index contributed by atoms with van der Waals surface area (Å²) in [6, 6.07) is 28.6. The van der Waals surface area contributed by atoms with Crippen LogP contribution >= 0.6 is 7.44 Å². The van der Waals surface area contributed by atoms with E-state index in [0.29, 0.717) is 13.1 Å². The summed E-state index contributed by atoms with van der Waals surface area (Å²) in [4.78, 5) is 11.2. The van der Waals surface area contributed by atoms with Crippen molar-refractivity contribution in [2.45, 2.75) is 5.66 Å². The predicted molar refractivity (Wildman–Crippen MR) is 126 cm³/mol. The van der Waals surface area contributed by atoms with Crippen molar-refractivity contribution in [1.29, 1.82) is 0 Å². The number of para-hydroxylation sites is 2. The van der Waals surface area contributed by atoms with Gasteiger partial charge in [0.1, 0.15) is 5.66 Å². The maximum atomic E-state index is 14.8. The lowest BCUT2D eigenvalue weighted by Gasteiger charge is -2.35. The van der Waals surface area contributed by atoms with E-state index in [4.69, 9.17) is 0 Å². The third-order valence-corrected chi connectivity index (χ3v) is 8.85. The van der Waals surface area contributed by atoms with Crippen LogP contribution in [0.4, 0.5) is 11.4 Å². The molecule has 1 unspecified atom stereocenters. The zero-order valence-corrected chi connectivity index (χ0v) is 17.9. The quantitative estimate of drug-likeness (QED) is 0.277. The Morgan fingerprint density at radius 1 is 0.839 bits per heavy atom. The molecule has 0 aromatic heterocycles. The summed E-state index contributed by atoms with van der Waals surface area (Å²) in [5.74, 6) is 0. The van der Waals surface area contributed by atoms with Gasteiger partial charge in [0.15, 0.2) is 0 Å². The van der Waals surface area contributed by atoms with Crippen LogP contribution in [-0.4, -0.2) is 30.2 Å². The van der Waals surface area contributed by atoms with Gasteiger partial charge in [-0.2, -0.15) is 0 Å². The first-order chi connectivity index (χ1) is 15.1. The van der Waals surface area contributed by atoms with Gasteiger partial charge < -0.3 is 9.34 Å². The van der Waals surface area contributed by atoms with E-state index in [1.54, 1.807) is 6.08 Å². The SMILES string of the molecule is O=[N+]([O-])CC(/C=C/c1ccccc1)P1(=O)N(c2ccccc2)CCN1c1ccccc1. The summed E-state index contributed by atoms with van der Waals surface area (Å²) in [6.45, 7) is 0.653. The number of hydrogen-bond donors (Lipinski definition) is 0. The molecule has 31 heavy (non-hydrogen) atoms. The van der Waals surface area contributed by atoms with Crippen LogP contribution in [0, 0.1) is 10.1 Å². The van der Waals surface area contributed by atoms with E-state index in [-0.39, 0.29) is 4.92 Å². The third-order valence-electron chi connectivity index (χ3n) is 5.40. The molecule has 3 aromatic carbocycles. The van der Waals surface area contributed by atoms with Gasteiger partial charge in [0.2, 0.25) is 6.54 Å². The second kappa shape index (κ2) is 9.19. The van der Waals surface area contributed by atoms with E-state index in [2.05, 4.69) is 0 Å². The highest BCUT2D eigenvalue weighted by atomic mass is 31.2. The van der Waals surface area contributed by atoms with Crippen LogP contribution in [-0.2, 0) is 4.57 Å². The van der Waals surface area contributed by atoms with Crippen LogP contribution in [0.25, 0.3) is 6.08 Å². The third kappa shape index (κ3) is 4.39. The molecule has 4 rings (SSSR count). The van der Waals surface area contributed by atoms with Gasteiger partial charge >= 0.3 is 0 Å². The highest BCUT2D eigenvalue weighted by molar-refractivity contribution is 7.68. The Morgan fingerprint density at radius 3 is 1.74 bits per heavy atom. The van der Waals surface area contributed by atoms with Crippen LogP contribution < -0.4 is 9.34 Å². The van der Waals surface area contributed by atoms with Crippen molar-refractivity contribution in [3.63, 3.8) is 0 Å². The molecule has 1 aliphatic heterocycles. The summed E-state index contributed by atoms with van der Waals surface area (Å²) < 4.78 is 18.6. The molecule has 3 aromatic rings. The van der Waals surface area contributed by atoms with E-state index in [1.165, 1.54) is 0 Å². The number of nitrogens with zero attached hydrogens (tertiary/aromatic N) is 3. The first-order valence-corrected chi connectivity index (χ1v) is 11.9. The van der Waals surface area contributed by atoms with Gasteiger partial charge in [-0.1, -0.05) is 78.9 Å². The highest BCUT2D eigenvalue weighted by Crippen LogP contribution is 2.63. The molecule has 1 aliphatic rings. The predicted octanol–water partition coefficient (Wildman–Crippen LogP) is 5.57. The van der Waals surface area contributed by atoms with Gasteiger partial charge in [-0.25, -0.2) is 0 Å². The number of nitro groups is 1. The lowest BCUT2D eigenvalue weighted by Crippen LogP contribution is -2.31. The second-order valence-corrected chi connectivity index (χ2v) is 10.2. The molecule has 0 amide bonds. The molecule has 0 bridgehead atoms. The summed E-state index contributed by atoms with van der Waals surface area (Å²) in [7, 11) is -3.40. The Morgan fingerprint density at radius 2 is 1.29 bits per heavy atom. The van der Waals surface area contributed by atoms with Crippen molar-refractivity contribution >= 4 is 24.9 Å². The van der Waals surface area contributed by atoms with E-state index < -0.39 is 19.6 Å². The summed E-state index contributed by atoms with van der Waals surface area (Å²) in [5, 5.41) is 11.6. The van der Waals surface area contributed by atoms with Gasteiger partial charge in [0, 0.05) is 29.4 Å². The summed E-state index contributed by atoms with van der Waals surface area (Å²) >= 11 is 0. The molecule has 1 atom stereocenters. The minimum atomic E-state index is -3.40. The number of benzene rings is 3. The van der Waals surface area contributed by atoms with Gasteiger partial charge in [-0.05, 0) is 29.8 Å². The first-order valence-electron chi connectivity index (χ1n) is 10.2. The molecule has 6 nitrogen and oxygen atoms in total. The van der Waals surface area contributed by atoms with Crippen LogP contribution in [0.5, 0.6) is 0 Å². The fourth-order valence-corrected chi connectivity index (χ4v) is 7.29. The van der Waals surface area contributed by atoms with Gasteiger partial charge in [-0.15, -0.1) is 0 Å². The molecular weight excluding hydrogens is 409 g/mol. The Kier molecular flexibility index (Phi) is 6.19. The fraction of sp³-hybridized carbons (Fsp3) is 0.167. The zero-order valence-electron chi connectivity index (χ0n) is 17.0. The molecule has 0 aliphatic carbocycles. The maximum Gasteiger partial charge on any atom is 0.276 e. The van der Waals surface area contributed by atoms with Gasteiger partial charge in [0.05, 0.1) is 0 Å². The minimum Gasteiger partial charge on any atom is -0.304 e. The molecular formula is C24H24N3O3P. The topological polar surface area (TPSA) is 66.7 Å². The van der Waals surface area contributed by atoms with E-state index >= 15 is 0 Å². The van der Waals surface area contributed by atoms with Crippen molar-refractivity contribution in [2.24, 2.45) is 0 Å². The molecule has 0 N–H and O–H groups in total. The average molecular weight is 433 g/mol. The normalized spacial score (nSPS) is 16.5. The number of rotatable bonds is 7. The molecule has 0 spiro atoms. The largest absolute Gasteiger partial charge is 0.304 e. The molecule has 0 saturated carbocycles. The number of hydrogen-bond acceptors (Lipinski definition) is 3. The molecule has 1 heterocycles. The lowest BCUT2D eigenvalue weighted by molar-refractivity contribution is -0.477. The van der Waals surface area contributed by atoms with Crippen LogP contribution in [0.2, 0.25) is 0 Å². The Hall–Kier alpha value is -3.37. The van der Waals surface area contributed by atoms with Gasteiger partial charge in [0.25, 0.3) is 7.44 Å². The van der Waals surface area contributed by atoms with Crippen molar-refractivity contribution in [3.05, 3.63) is 113 Å². The van der Waals surface area contributed by atoms with E-state index in [0.717, 1.165) is 16.9 Å². The molecule has 158 valence electrons. The molecule has 1 saturated heterocycles. The highest BCUT2D eigenvalue weighted by Gasteiger charge is 2.50. The summed E-state index contributed by atoms with van der Waals surface area (Å²) in [6.07, 6.45) is 3.58. The fourth-order valence-electron chi connectivity index (χ4n) is 3.97. The van der Waals surface area contributed by atoms with E-state index in [9.17, 15) is 14.7 Å². The Labute approximate surface area is 182 Å². The minimum absolute atomic E-state index is 0.371. The van der Waals surface area contributed by atoms with Crippen LogP contribution in [0.3, 0.4) is 0 Å². The van der Waals surface area contributed by atoms with E-state index in [1.807, 2.05) is 106 Å². The molecule has 7 heteroatoms. The van der Waals surface area contributed by atoms with Crippen molar-refractivity contribution in [2.75, 3.05) is 29.0 Å². The lowest BCUT2D eigenvalue weighted by atomic mass is 10.2. The van der Waals surface area contributed by atoms with Gasteiger partial charge in [-0.3, -0.25) is 14.7 Å². The van der Waals surface area contributed by atoms with Crippen molar-refractivity contribution in [3.8, 4) is 0 Å². The molecule has 0 radical (unpaired) electrons. The standard InChI is InChI=1S/C24H24N3O3P/c28-27(29)20-24(17-16-21-10-4-1-5-11-21)31(30)25(22-12-6-2-7-13-22)18-19-26(31)23-14-8-3-9-15-23/h1-17,24H,18-20H2/b17-16+. The van der Waals surface area contributed by atoms with Crippen molar-refractivity contribution < 1.29 is 9.49 Å². The zero-order chi connectivity index (χ0) is 21.7. The molecule has 1 fully saturated rings. The summed E-state index contributed by atoms with van der Waals surface area (Å²) in [5.41, 5.74) is 1.77. The Bertz CT molecular complexity index is 1040. The van der Waals surface area contributed by atoms with Crippen LogP contribution in [0.15, 0.2) is 97.1 Å². The first kappa shape index (κ1) is 20.9.